The quantitative estimate of drug-likeness (QED) is 0.899. The topological polar surface area (TPSA) is 65.8 Å². The van der Waals surface area contributed by atoms with E-state index in [-0.39, 0.29) is 17.9 Å². The van der Waals surface area contributed by atoms with E-state index in [2.05, 4.69) is 25.2 Å². The Hall–Kier alpha value is -2.34. The number of piperidine rings is 1. The molecule has 2 aliphatic rings. The van der Waals surface area contributed by atoms with Gasteiger partial charge in [-0.2, -0.15) is 0 Å². The number of furan rings is 1. The molecule has 1 atom stereocenters. The molecule has 1 unspecified atom stereocenters. The number of nitrogens with zero attached hydrogens (tertiary/aromatic N) is 2. The van der Waals surface area contributed by atoms with Crippen LogP contribution in [0.2, 0.25) is 0 Å². The molecule has 3 heterocycles. The van der Waals surface area contributed by atoms with E-state index in [1.54, 1.807) is 6.26 Å². The molecule has 144 valence electrons. The van der Waals surface area contributed by atoms with Crippen LogP contribution in [0.5, 0.6) is 0 Å². The van der Waals surface area contributed by atoms with Crippen molar-refractivity contribution in [3.8, 4) is 0 Å². The lowest BCUT2D eigenvalue weighted by Crippen LogP contribution is -2.57. The molecule has 1 N–H and O–H groups in total. The fraction of sp³-hybridized carbons (Fsp3) is 0.524. The minimum Gasteiger partial charge on any atom is -0.464 e. The fourth-order valence-corrected chi connectivity index (χ4v) is 4.19. The second-order valence-electron chi connectivity index (χ2n) is 7.77. The van der Waals surface area contributed by atoms with E-state index >= 15 is 0 Å². The molecule has 0 saturated carbocycles. The average molecular weight is 369 g/mol. The highest BCUT2D eigenvalue weighted by Crippen LogP contribution is 2.26. The molecule has 4 rings (SSSR count). The van der Waals surface area contributed by atoms with Gasteiger partial charge in [0.05, 0.1) is 19.2 Å². The Morgan fingerprint density at radius 3 is 2.89 bits per heavy atom. The van der Waals surface area contributed by atoms with Crippen LogP contribution in [0.15, 0.2) is 22.8 Å². The summed E-state index contributed by atoms with van der Waals surface area (Å²) in [4.78, 5) is 29.0. The molecule has 6 heteroatoms. The first kappa shape index (κ1) is 18.0. The molecule has 0 aliphatic carbocycles. The number of hydrogen-bond acceptors (Lipinski definition) is 4. The van der Waals surface area contributed by atoms with Crippen LogP contribution in [0.25, 0.3) is 11.0 Å². The van der Waals surface area contributed by atoms with Crippen LogP contribution in [-0.2, 0) is 16.0 Å². The maximum absolute atomic E-state index is 12.9. The van der Waals surface area contributed by atoms with E-state index in [1.807, 2.05) is 15.9 Å². The third-order valence-corrected chi connectivity index (χ3v) is 5.93. The number of piperazine rings is 1. The number of aryl methyl sites for hydroxylation is 2. The van der Waals surface area contributed by atoms with Gasteiger partial charge in [-0.1, -0.05) is 0 Å². The summed E-state index contributed by atoms with van der Waals surface area (Å²) < 4.78 is 5.67. The number of fused-ring (bicyclic) bond motifs is 1. The van der Waals surface area contributed by atoms with Crippen LogP contribution in [0.4, 0.5) is 0 Å². The van der Waals surface area contributed by atoms with Gasteiger partial charge in [-0.05, 0) is 49.9 Å². The predicted molar refractivity (Wildman–Crippen MR) is 104 cm³/mol. The second kappa shape index (κ2) is 7.35. The second-order valence-corrected chi connectivity index (χ2v) is 7.77. The van der Waals surface area contributed by atoms with E-state index in [1.165, 1.54) is 11.1 Å². The summed E-state index contributed by atoms with van der Waals surface area (Å²) in [5.41, 5.74) is 4.17. The summed E-state index contributed by atoms with van der Waals surface area (Å²) in [6.45, 7) is 7.51. The maximum atomic E-state index is 12.9. The maximum Gasteiger partial charge on any atom is 0.236 e. The molecular weight excluding hydrogens is 342 g/mol. The Morgan fingerprint density at radius 1 is 1.26 bits per heavy atom. The third-order valence-electron chi connectivity index (χ3n) is 5.93. The van der Waals surface area contributed by atoms with Crippen molar-refractivity contribution in [1.29, 1.82) is 0 Å². The normalized spacial score (nSPS) is 21.1. The minimum atomic E-state index is 0.114. The van der Waals surface area contributed by atoms with Crippen LogP contribution in [-0.4, -0.2) is 60.4 Å². The Morgan fingerprint density at radius 2 is 2.07 bits per heavy atom. The van der Waals surface area contributed by atoms with Gasteiger partial charge in [-0.25, -0.2) is 0 Å². The van der Waals surface area contributed by atoms with Crippen molar-refractivity contribution < 1.29 is 14.0 Å². The summed E-state index contributed by atoms with van der Waals surface area (Å²) in [6.07, 6.45) is 3.97. The minimum absolute atomic E-state index is 0.114. The summed E-state index contributed by atoms with van der Waals surface area (Å²) in [7, 11) is 0. The lowest BCUT2D eigenvalue weighted by molar-refractivity contribution is -0.140. The number of amides is 2. The van der Waals surface area contributed by atoms with Gasteiger partial charge in [-0.3, -0.25) is 9.59 Å². The van der Waals surface area contributed by atoms with Crippen molar-refractivity contribution in [2.75, 3.05) is 32.7 Å². The van der Waals surface area contributed by atoms with Gasteiger partial charge in [-0.15, -0.1) is 0 Å². The van der Waals surface area contributed by atoms with Gasteiger partial charge >= 0.3 is 0 Å². The zero-order chi connectivity index (χ0) is 19.0. The van der Waals surface area contributed by atoms with Crippen LogP contribution in [0.1, 0.15) is 29.5 Å². The molecule has 0 radical (unpaired) electrons. The number of carbonyl (C=O) groups is 2. The first-order valence-corrected chi connectivity index (χ1v) is 9.78. The standard InChI is InChI=1S/C21H27N3O3/c1-14-8-18-16(13-27-19(18)9-15(14)2)10-20(25)23-6-3-4-17(12-23)24-7-5-22-11-21(24)26/h8-9,13,17,22H,3-7,10-12H2,1-2H3. The highest BCUT2D eigenvalue weighted by molar-refractivity contribution is 5.88. The van der Waals surface area contributed by atoms with Crippen molar-refractivity contribution in [1.82, 2.24) is 15.1 Å². The number of carbonyl (C=O) groups excluding carboxylic acids is 2. The van der Waals surface area contributed by atoms with Gasteiger partial charge in [0.1, 0.15) is 5.58 Å². The van der Waals surface area contributed by atoms with Gasteiger partial charge in [0.2, 0.25) is 11.8 Å². The summed E-state index contributed by atoms with van der Waals surface area (Å²) in [5, 5.41) is 4.14. The molecule has 0 spiro atoms. The Balaban J connectivity index is 1.46. The van der Waals surface area contributed by atoms with Gasteiger partial charge in [0.25, 0.3) is 0 Å². The number of nitrogens with one attached hydrogen (secondary N) is 1. The molecule has 2 aliphatic heterocycles. The summed E-state index contributed by atoms with van der Waals surface area (Å²) in [5.74, 6) is 0.260. The van der Waals surface area contributed by atoms with E-state index in [9.17, 15) is 9.59 Å². The molecule has 2 aromatic rings. The molecule has 6 nitrogen and oxygen atoms in total. The first-order valence-electron chi connectivity index (χ1n) is 9.78. The van der Waals surface area contributed by atoms with E-state index in [4.69, 9.17) is 4.42 Å². The number of likely N-dealkylation sites (tertiary alicyclic amines) is 1. The average Bonchev–Trinajstić information content (AvgIpc) is 3.04. The highest BCUT2D eigenvalue weighted by atomic mass is 16.3. The number of rotatable bonds is 3. The third kappa shape index (κ3) is 3.58. The van der Waals surface area contributed by atoms with Crippen LogP contribution < -0.4 is 5.32 Å². The smallest absolute Gasteiger partial charge is 0.236 e. The molecular formula is C21H27N3O3. The largest absolute Gasteiger partial charge is 0.464 e. The Bertz CT molecular complexity index is 873. The first-order chi connectivity index (χ1) is 13.0. The van der Waals surface area contributed by atoms with Crippen molar-refractivity contribution in [2.24, 2.45) is 0 Å². The lowest BCUT2D eigenvalue weighted by atomic mass is 10.0. The molecule has 27 heavy (non-hydrogen) atoms. The van der Waals surface area contributed by atoms with E-state index in [0.29, 0.717) is 19.5 Å². The van der Waals surface area contributed by atoms with Gasteiger partial charge in [0, 0.05) is 43.2 Å². The Labute approximate surface area is 159 Å². The number of benzene rings is 1. The lowest BCUT2D eigenvalue weighted by Gasteiger charge is -2.41. The molecule has 1 aromatic carbocycles. The monoisotopic (exact) mass is 369 g/mol. The van der Waals surface area contributed by atoms with Gasteiger partial charge in [0.15, 0.2) is 0 Å². The molecule has 1 aromatic heterocycles. The number of hydrogen-bond donors (Lipinski definition) is 1. The molecule has 2 fully saturated rings. The van der Waals surface area contributed by atoms with Crippen molar-refractivity contribution in [3.63, 3.8) is 0 Å². The summed E-state index contributed by atoms with van der Waals surface area (Å²) in [6, 6.07) is 4.28. The van der Waals surface area contributed by atoms with E-state index < -0.39 is 0 Å². The van der Waals surface area contributed by atoms with Crippen molar-refractivity contribution in [2.45, 2.75) is 39.2 Å². The molecule has 2 amide bonds. The molecule has 2 saturated heterocycles. The SMILES string of the molecule is Cc1cc2occ(CC(=O)N3CCCC(N4CCNCC4=O)C3)c2cc1C. The van der Waals surface area contributed by atoms with Gasteiger partial charge < -0.3 is 19.5 Å². The zero-order valence-electron chi connectivity index (χ0n) is 16.1. The molecule has 0 bridgehead atoms. The van der Waals surface area contributed by atoms with E-state index in [0.717, 1.165) is 49.0 Å². The Kier molecular flexibility index (Phi) is 4.91. The van der Waals surface area contributed by atoms with Crippen LogP contribution in [0.3, 0.4) is 0 Å². The summed E-state index contributed by atoms with van der Waals surface area (Å²) >= 11 is 0. The van der Waals surface area contributed by atoms with Crippen molar-refractivity contribution in [3.05, 3.63) is 35.1 Å². The van der Waals surface area contributed by atoms with Crippen molar-refractivity contribution >= 4 is 22.8 Å². The zero-order valence-corrected chi connectivity index (χ0v) is 16.1. The van der Waals surface area contributed by atoms with Crippen LogP contribution in [0, 0.1) is 13.8 Å². The predicted octanol–water partition coefficient (Wildman–Crippen LogP) is 2.01. The fourth-order valence-electron chi connectivity index (χ4n) is 4.19. The van der Waals surface area contributed by atoms with Crippen LogP contribution >= 0.6 is 0 Å². The highest BCUT2D eigenvalue weighted by Gasteiger charge is 2.31.